The fraction of sp³-hybridized carbons (Fsp3) is 0.320. The Morgan fingerprint density at radius 1 is 1.03 bits per heavy atom. The number of hydrogen-bond donors (Lipinski definition) is 1. The molecule has 1 amide bonds. The van der Waals surface area contributed by atoms with Crippen molar-refractivity contribution < 1.29 is 28.6 Å². The fourth-order valence-electron chi connectivity index (χ4n) is 5.39. The quantitative estimate of drug-likeness (QED) is 0.701. The van der Waals surface area contributed by atoms with Crippen LogP contribution in [0.5, 0.6) is 0 Å². The summed E-state index contributed by atoms with van der Waals surface area (Å²) in [5.74, 6) is -0.967. The second-order valence-corrected chi connectivity index (χ2v) is 8.75. The molecule has 1 aliphatic carbocycles. The number of amides is 1. The van der Waals surface area contributed by atoms with Crippen LogP contribution in [0.15, 0.2) is 72.9 Å². The molecule has 0 radical (unpaired) electrons. The number of fused-ring (bicyclic) bond motifs is 3. The number of nitrogens with zero attached hydrogens (tertiary/aromatic N) is 1. The molecule has 6 rings (SSSR count). The van der Waals surface area contributed by atoms with Crippen molar-refractivity contribution in [2.45, 2.75) is 36.4 Å². The van der Waals surface area contributed by atoms with Crippen LogP contribution in [-0.2, 0) is 19.0 Å². The zero-order chi connectivity index (χ0) is 22.6. The van der Waals surface area contributed by atoms with Crippen molar-refractivity contribution in [3.63, 3.8) is 0 Å². The SMILES string of the molecule is O=C1C=CN2C(N1)C13O[C@@H](COC(=O)c4ccccc4)C(OC(=O)c4ccccc4)CC1[C@@H]23. The largest absolute Gasteiger partial charge is 0.459 e. The van der Waals surface area contributed by atoms with Gasteiger partial charge in [-0.25, -0.2) is 9.59 Å². The molecular formula is C25H22N2O6. The summed E-state index contributed by atoms with van der Waals surface area (Å²) in [6.07, 6.45) is 2.37. The third-order valence-corrected chi connectivity index (χ3v) is 6.95. The molecule has 1 saturated carbocycles. The van der Waals surface area contributed by atoms with E-state index in [-0.39, 0.29) is 30.6 Å². The second kappa shape index (κ2) is 7.45. The molecule has 4 unspecified atom stereocenters. The van der Waals surface area contributed by atoms with Crippen LogP contribution < -0.4 is 5.32 Å². The minimum Gasteiger partial charge on any atom is -0.459 e. The maximum absolute atomic E-state index is 12.7. The highest BCUT2D eigenvalue weighted by Gasteiger charge is 2.85. The summed E-state index contributed by atoms with van der Waals surface area (Å²) in [5, 5.41) is 2.95. The van der Waals surface area contributed by atoms with Crippen molar-refractivity contribution in [2.75, 3.05) is 6.61 Å². The molecule has 2 aromatic carbocycles. The lowest BCUT2D eigenvalue weighted by atomic mass is 9.97. The van der Waals surface area contributed by atoms with Crippen LogP contribution in [0.2, 0.25) is 0 Å². The first-order valence-corrected chi connectivity index (χ1v) is 11.0. The number of benzene rings is 2. The molecule has 168 valence electrons. The number of carbonyl (C=O) groups is 3. The molecule has 3 heterocycles. The van der Waals surface area contributed by atoms with Gasteiger partial charge in [-0.2, -0.15) is 0 Å². The highest BCUT2D eigenvalue weighted by molar-refractivity contribution is 5.90. The average Bonchev–Trinajstić information content (AvgIpc) is 3.43. The highest BCUT2D eigenvalue weighted by Crippen LogP contribution is 2.67. The summed E-state index contributed by atoms with van der Waals surface area (Å²) >= 11 is 0. The Hall–Kier alpha value is -3.65. The van der Waals surface area contributed by atoms with Crippen molar-refractivity contribution >= 4 is 17.8 Å². The predicted molar refractivity (Wildman–Crippen MR) is 115 cm³/mol. The molecule has 3 aliphatic heterocycles. The Bertz CT molecular complexity index is 1140. The van der Waals surface area contributed by atoms with Crippen molar-refractivity contribution in [3.8, 4) is 0 Å². The van der Waals surface area contributed by atoms with Crippen LogP contribution in [0.1, 0.15) is 27.1 Å². The first-order chi connectivity index (χ1) is 16.1. The normalized spacial score (nSPS) is 32.9. The van der Waals surface area contributed by atoms with Gasteiger partial charge in [-0.05, 0) is 30.7 Å². The summed E-state index contributed by atoms with van der Waals surface area (Å²) in [6, 6.07) is 17.6. The molecule has 8 nitrogen and oxygen atoms in total. The van der Waals surface area contributed by atoms with Gasteiger partial charge in [0.15, 0.2) is 0 Å². The third-order valence-electron chi connectivity index (χ3n) is 6.95. The fourth-order valence-corrected chi connectivity index (χ4v) is 5.39. The van der Waals surface area contributed by atoms with Crippen LogP contribution in [0, 0.1) is 5.92 Å². The van der Waals surface area contributed by atoms with Gasteiger partial charge in [-0.15, -0.1) is 0 Å². The minimum absolute atomic E-state index is 0.0574. The molecule has 0 bridgehead atoms. The standard InChI is InChI=1S/C25H22N2O6/c28-20-11-12-27-21-17-13-18(32-23(30)16-9-5-2-6-10-16)19(33-25(17,21)24(27)26-20)14-31-22(29)15-7-3-1-4-8-15/h1-12,17-19,21,24H,13-14H2,(H,26,28)/t17?,18?,19-,21+,24?,25?/m0/s1. The molecule has 0 aromatic heterocycles. The smallest absolute Gasteiger partial charge is 0.338 e. The third kappa shape index (κ3) is 3.13. The Morgan fingerprint density at radius 2 is 1.70 bits per heavy atom. The predicted octanol–water partition coefficient (Wildman–Crippen LogP) is 1.88. The van der Waals surface area contributed by atoms with Crippen molar-refractivity contribution in [1.29, 1.82) is 0 Å². The lowest BCUT2D eigenvalue weighted by molar-refractivity contribution is -0.196. The van der Waals surface area contributed by atoms with Gasteiger partial charge >= 0.3 is 11.9 Å². The molecular weight excluding hydrogens is 424 g/mol. The van der Waals surface area contributed by atoms with E-state index in [4.69, 9.17) is 14.2 Å². The monoisotopic (exact) mass is 446 g/mol. The molecule has 33 heavy (non-hydrogen) atoms. The molecule has 4 aliphatic rings. The van der Waals surface area contributed by atoms with Crippen molar-refractivity contribution in [3.05, 3.63) is 84.1 Å². The van der Waals surface area contributed by atoms with E-state index >= 15 is 0 Å². The van der Waals surface area contributed by atoms with Gasteiger partial charge in [0.25, 0.3) is 0 Å². The van der Waals surface area contributed by atoms with Crippen molar-refractivity contribution in [1.82, 2.24) is 10.2 Å². The van der Waals surface area contributed by atoms with E-state index in [2.05, 4.69) is 10.2 Å². The van der Waals surface area contributed by atoms with Gasteiger partial charge in [0.2, 0.25) is 5.91 Å². The van der Waals surface area contributed by atoms with E-state index in [9.17, 15) is 14.4 Å². The first-order valence-electron chi connectivity index (χ1n) is 11.0. The Morgan fingerprint density at radius 3 is 2.39 bits per heavy atom. The van der Waals surface area contributed by atoms with Crippen LogP contribution in [0.3, 0.4) is 0 Å². The van der Waals surface area contributed by atoms with Crippen LogP contribution in [-0.4, -0.2) is 59.4 Å². The molecule has 1 N–H and O–H groups in total. The summed E-state index contributed by atoms with van der Waals surface area (Å²) in [7, 11) is 0. The van der Waals surface area contributed by atoms with Gasteiger partial charge < -0.3 is 24.4 Å². The van der Waals surface area contributed by atoms with Crippen molar-refractivity contribution in [2.24, 2.45) is 5.92 Å². The van der Waals surface area contributed by atoms with Crippen LogP contribution in [0.25, 0.3) is 0 Å². The number of rotatable bonds is 5. The zero-order valence-corrected chi connectivity index (χ0v) is 17.6. The van der Waals surface area contributed by atoms with Crippen LogP contribution >= 0.6 is 0 Å². The van der Waals surface area contributed by atoms with Gasteiger partial charge in [-0.1, -0.05) is 36.4 Å². The number of hydrogen-bond acceptors (Lipinski definition) is 7. The maximum atomic E-state index is 12.7. The van der Waals surface area contributed by atoms with Gasteiger partial charge in [0.05, 0.1) is 17.2 Å². The van der Waals surface area contributed by atoms with E-state index in [1.165, 1.54) is 6.08 Å². The van der Waals surface area contributed by atoms with Gasteiger partial charge in [0.1, 0.15) is 30.6 Å². The topological polar surface area (TPSA) is 94.2 Å². The Kier molecular flexibility index (Phi) is 4.51. The van der Waals surface area contributed by atoms with E-state index in [0.717, 1.165) is 0 Å². The lowest BCUT2D eigenvalue weighted by Crippen LogP contribution is -2.69. The van der Waals surface area contributed by atoms with Gasteiger partial charge in [-0.3, -0.25) is 4.79 Å². The molecule has 1 spiro atoms. The van der Waals surface area contributed by atoms with E-state index in [1.54, 1.807) is 54.7 Å². The molecule has 8 heteroatoms. The molecule has 2 aromatic rings. The lowest BCUT2D eigenvalue weighted by Gasteiger charge is -2.50. The summed E-state index contributed by atoms with van der Waals surface area (Å²) in [6.45, 7) is -0.0574. The second-order valence-electron chi connectivity index (χ2n) is 8.75. The first kappa shape index (κ1) is 20.0. The summed E-state index contributed by atoms with van der Waals surface area (Å²) < 4.78 is 17.8. The van der Waals surface area contributed by atoms with Gasteiger partial charge in [0, 0.05) is 18.2 Å². The number of carbonyl (C=O) groups excluding carboxylic acids is 3. The number of ether oxygens (including phenoxy) is 3. The van der Waals surface area contributed by atoms with E-state index in [0.29, 0.717) is 17.5 Å². The average molecular weight is 446 g/mol. The Balaban J connectivity index is 1.21. The number of nitrogens with one attached hydrogen (secondary N) is 1. The highest BCUT2D eigenvalue weighted by atomic mass is 16.6. The van der Waals surface area contributed by atoms with E-state index in [1.807, 2.05) is 12.1 Å². The molecule has 3 fully saturated rings. The molecule has 6 atom stereocenters. The summed E-state index contributed by atoms with van der Waals surface area (Å²) in [4.78, 5) is 39.2. The van der Waals surface area contributed by atoms with E-state index < -0.39 is 29.7 Å². The molecule has 2 saturated heterocycles. The number of esters is 2. The zero-order valence-electron chi connectivity index (χ0n) is 17.6. The minimum atomic E-state index is -0.642. The maximum Gasteiger partial charge on any atom is 0.338 e. The summed E-state index contributed by atoms with van der Waals surface area (Å²) in [5.41, 5.74) is 0.343. The van der Waals surface area contributed by atoms with Crippen LogP contribution in [0.4, 0.5) is 0 Å². The Labute approximate surface area is 190 Å².